The molecule has 0 saturated carbocycles. The highest BCUT2D eigenvalue weighted by Crippen LogP contribution is 2.35. The lowest BCUT2D eigenvalue weighted by Crippen LogP contribution is -2.29. The molecule has 4 rings (SSSR count). The van der Waals surface area contributed by atoms with Crippen molar-refractivity contribution in [2.75, 3.05) is 0 Å². The summed E-state index contributed by atoms with van der Waals surface area (Å²) in [6.45, 7) is 0. The molecule has 0 amide bonds. The summed E-state index contributed by atoms with van der Waals surface area (Å²) < 4.78 is 45.9. The molecule has 22 heavy (non-hydrogen) atoms. The molecule has 3 nitrogen and oxygen atoms in total. The predicted molar refractivity (Wildman–Crippen MR) is 89.0 cm³/mol. The van der Waals surface area contributed by atoms with E-state index in [4.69, 9.17) is 11.3 Å². The Hall–Kier alpha value is -2.56. The molecular formula is C18H13BO3. The summed E-state index contributed by atoms with van der Waals surface area (Å²) in [7, 11) is -1.80. The predicted octanol–water partition coefficient (Wildman–Crippen LogP) is 2.93. The van der Waals surface area contributed by atoms with Crippen LogP contribution in [0.3, 0.4) is 0 Å². The Balaban J connectivity index is 2.23. The third-order valence-corrected chi connectivity index (χ3v) is 3.57. The SMILES string of the molecule is [2H]c1c([2H])c([2H])c(-c2cc(B(O)O)cc3oc4ccccc4c23)c([2H])c1[2H]. The van der Waals surface area contributed by atoms with Gasteiger partial charge in [0.1, 0.15) is 11.2 Å². The van der Waals surface area contributed by atoms with E-state index in [0.29, 0.717) is 21.9 Å². The van der Waals surface area contributed by atoms with Gasteiger partial charge in [-0.1, -0.05) is 54.5 Å². The summed E-state index contributed by atoms with van der Waals surface area (Å²) in [5.41, 5.74) is 1.26. The minimum absolute atomic E-state index is 0.0138. The van der Waals surface area contributed by atoms with E-state index in [-0.39, 0.29) is 28.7 Å². The number of hydrogen-bond donors (Lipinski definition) is 2. The molecule has 106 valence electrons. The summed E-state index contributed by atoms with van der Waals surface area (Å²) in [5, 5.41) is 20.5. The van der Waals surface area contributed by atoms with Crippen LogP contribution in [0.1, 0.15) is 6.85 Å². The van der Waals surface area contributed by atoms with Crippen LogP contribution in [0.15, 0.2) is 71.0 Å². The first-order valence-electron chi connectivity index (χ1n) is 9.20. The maximum Gasteiger partial charge on any atom is 0.488 e. The fourth-order valence-corrected chi connectivity index (χ4v) is 2.61. The molecule has 0 fully saturated rings. The van der Waals surface area contributed by atoms with Gasteiger partial charge in [-0.05, 0) is 28.7 Å². The molecule has 0 spiro atoms. The van der Waals surface area contributed by atoms with Crippen molar-refractivity contribution in [3.63, 3.8) is 0 Å². The lowest BCUT2D eigenvalue weighted by Gasteiger charge is -2.07. The Kier molecular flexibility index (Phi) is 2.00. The molecule has 0 atom stereocenters. The van der Waals surface area contributed by atoms with Crippen LogP contribution < -0.4 is 5.46 Å². The van der Waals surface area contributed by atoms with Crippen molar-refractivity contribution in [2.24, 2.45) is 0 Å². The average molecular weight is 293 g/mol. The molecule has 0 saturated heterocycles. The summed E-state index contributed by atoms with van der Waals surface area (Å²) in [5.74, 6) is 0. The van der Waals surface area contributed by atoms with Gasteiger partial charge in [-0.25, -0.2) is 0 Å². The van der Waals surface area contributed by atoms with Gasteiger partial charge in [-0.3, -0.25) is 0 Å². The van der Waals surface area contributed by atoms with E-state index in [1.165, 1.54) is 12.1 Å². The van der Waals surface area contributed by atoms with Crippen LogP contribution in [0.4, 0.5) is 0 Å². The monoisotopic (exact) mass is 293 g/mol. The van der Waals surface area contributed by atoms with E-state index in [2.05, 4.69) is 0 Å². The van der Waals surface area contributed by atoms with Gasteiger partial charge in [0.05, 0.1) is 6.85 Å². The van der Waals surface area contributed by atoms with Crippen molar-refractivity contribution in [1.82, 2.24) is 0 Å². The van der Waals surface area contributed by atoms with Gasteiger partial charge in [-0.15, -0.1) is 0 Å². The number of benzene rings is 3. The number of rotatable bonds is 2. The van der Waals surface area contributed by atoms with Crippen LogP contribution in [-0.4, -0.2) is 17.2 Å². The molecule has 0 aliphatic carbocycles. The van der Waals surface area contributed by atoms with E-state index in [0.717, 1.165) is 0 Å². The van der Waals surface area contributed by atoms with Crippen LogP contribution in [0.2, 0.25) is 0 Å². The van der Waals surface area contributed by atoms with Crippen molar-refractivity contribution < 1.29 is 21.3 Å². The first-order chi connectivity index (χ1) is 12.8. The van der Waals surface area contributed by atoms with Crippen LogP contribution in [0.25, 0.3) is 33.1 Å². The Labute approximate surface area is 134 Å². The Morgan fingerprint density at radius 3 is 2.50 bits per heavy atom. The molecule has 2 N–H and O–H groups in total. The number of fused-ring (bicyclic) bond motifs is 3. The van der Waals surface area contributed by atoms with E-state index < -0.39 is 25.2 Å². The first kappa shape index (κ1) is 8.78. The minimum atomic E-state index is -1.80. The molecule has 0 aliphatic rings. The molecule has 1 heterocycles. The molecule has 0 radical (unpaired) electrons. The lowest BCUT2D eigenvalue weighted by molar-refractivity contribution is 0.426. The van der Waals surface area contributed by atoms with Crippen molar-refractivity contribution in [3.8, 4) is 11.1 Å². The van der Waals surface area contributed by atoms with E-state index in [9.17, 15) is 10.0 Å². The minimum Gasteiger partial charge on any atom is -0.456 e. The lowest BCUT2D eigenvalue weighted by atomic mass is 9.78. The number of hydrogen-bond acceptors (Lipinski definition) is 3. The van der Waals surface area contributed by atoms with Crippen molar-refractivity contribution in [3.05, 3.63) is 66.6 Å². The quantitative estimate of drug-likeness (QED) is 0.559. The molecule has 4 aromatic rings. The van der Waals surface area contributed by atoms with Gasteiger partial charge in [0.25, 0.3) is 0 Å². The molecule has 0 aliphatic heterocycles. The van der Waals surface area contributed by atoms with Crippen LogP contribution in [-0.2, 0) is 0 Å². The van der Waals surface area contributed by atoms with E-state index in [1.54, 1.807) is 24.3 Å². The fourth-order valence-electron chi connectivity index (χ4n) is 2.61. The number of furan rings is 1. The Morgan fingerprint density at radius 1 is 0.955 bits per heavy atom. The van der Waals surface area contributed by atoms with Gasteiger partial charge in [0.15, 0.2) is 0 Å². The summed E-state index contributed by atoms with van der Waals surface area (Å²) in [6.07, 6.45) is 0. The van der Waals surface area contributed by atoms with Gasteiger partial charge in [0.2, 0.25) is 0 Å². The number of para-hydroxylation sites is 1. The highest BCUT2D eigenvalue weighted by Gasteiger charge is 2.18. The van der Waals surface area contributed by atoms with Crippen molar-refractivity contribution >= 4 is 34.5 Å². The van der Waals surface area contributed by atoms with Gasteiger partial charge >= 0.3 is 7.12 Å². The Morgan fingerprint density at radius 2 is 1.73 bits per heavy atom. The smallest absolute Gasteiger partial charge is 0.456 e. The topological polar surface area (TPSA) is 53.6 Å². The van der Waals surface area contributed by atoms with Crippen molar-refractivity contribution in [1.29, 1.82) is 0 Å². The zero-order valence-corrected chi connectivity index (χ0v) is 11.3. The summed E-state index contributed by atoms with van der Waals surface area (Å²) in [4.78, 5) is 0. The van der Waals surface area contributed by atoms with Crippen LogP contribution in [0.5, 0.6) is 0 Å². The third kappa shape index (κ3) is 2.01. The van der Waals surface area contributed by atoms with Crippen LogP contribution >= 0.6 is 0 Å². The maximum atomic E-state index is 9.64. The van der Waals surface area contributed by atoms with Crippen molar-refractivity contribution in [2.45, 2.75) is 0 Å². The second-order valence-electron chi connectivity index (χ2n) is 4.91. The van der Waals surface area contributed by atoms with E-state index >= 15 is 0 Å². The van der Waals surface area contributed by atoms with Gasteiger partial charge in [0, 0.05) is 10.8 Å². The normalized spacial score (nSPS) is 14.4. The third-order valence-electron chi connectivity index (χ3n) is 3.57. The maximum absolute atomic E-state index is 9.64. The standard InChI is InChI=1S/C18H13BO3/c20-19(21)13-10-15(12-6-2-1-3-7-12)18-14-8-4-5-9-16(14)22-17(18)11-13/h1-11,20-21H/i1D,2D,3D,6D,7D. The molecule has 0 unspecified atom stereocenters. The molecule has 4 heteroatoms. The van der Waals surface area contributed by atoms with Gasteiger partial charge < -0.3 is 14.5 Å². The highest BCUT2D eigenvalue weighted by molar-refractivity contribution is 6.59. The van der Waals surface area contributed by atoms with E-state index in [1.807, 2.05) is 0 Å². The average Bonchev–Trinajstić information content (AvgIpc) is 3.03. The summed E-state index contributed by atoms with van der Waals surface area (Å²) in [6, 6.07) is 7.90. The van der Waals surface area contributed by atoms with Gasteiger partial charge in [-0.2, -0.15) is 0 Å². The highest BCUT2D eigenvalue weighted by atomic mass is 16.4. The zero-order valence-electron chi connectivity index (χ0n) is 16.3. The second-order valence-corrected chi connectivity index (χ2v) is 4.91. The molecule has 3 aromatic carbocycles. The zero-order chi connectivity index (χ0) is 19.5. The van der Waals surface area contributed by atoms with Crippen LogP contribution in [0, 0.1) is 0 Å². The fraction of sp³-hybridized carbons (Fsp3) is 0. The largest absolute Gasteiger partial charge is 0.488 e. The molecule has 0 bridgehead atoms. The Bertz CT molecular complexity index is 1190. The summed E-state index contributed by atoms with van der Waals surface area (Å²) >= 11 is 0. The second kappa shape index (κ2) is 5.02. The molecule has 1 aromatic heterocycles. The first-order valence-corrected chi connectivity index (χ1v) is 6.70. The molecular weight excluding hydrogens is 275 g/mol.